The minimum atomic E-state index is -0.534. The molecule has 0 aromatic heterocycles. The quantitative estimate of drug-likeness (QED) is 0.737. The van der Waals surface area contributed by atoms with Gasteiger partial charge < -0.3 is 0 Å². The summed E-state index contributed by atoms with van der Waals surface area (Å²) in [6, 6.07) is 4.47. The Hall–Kier alpha value is -1.39. The van der Waals surface area contributed by atoms with Gasteiger partial charge in [0.2, 0.25) is 0 Å². The van der Waals surface area contributed by atoms with Crippen LogP contribution >= 0.6 is 23.2 Å². The van der Waals surface area contributed by atoms with Gasteiger partial charge in [0.25, 0.3) is 11.8 Å². The SMILES string of the molecule is CC1=NN(C(=O)c2ccc(Cl)cc2Cl)C(=O)C1. The highest BCUT2D eigenvalue weighted by Gasteiger charge is 2.29. The van der Waals surface area contributed by atoms with Crippen LogP contribution in [-0.4, -0.2) is 22.5 Å². The zero-order valence-electron chi connectivity index (χ0n) is 8.91. The van der Waals surface area contributed by atoms with Gasteiger partial charge in [-0.05, 0) is 25.1 Å². The highest BCUT2D eigenvalue weighted by atomic mass is 35.5. The van der Waals surface area contributed by atoms with E-state index >= 15 is 0 Å². The Kier molecular flexibility index (Phi) is 3.17. The van der Waals surface area contributed by atoms with Crippen molar-refractivity contribution >= 4 is 40.7 Å². The minimum Gasteiger partial charge on any atom is -0.272 e. The molecule has 0 fully saturated rings. The lowest BCUT2D eigenvalue weighted by Gasteiger charge is -2.10. The van der Waals surface area contributed by atoms with E-state index in [2.05, 4.69) is 5.10 Å². The standard InChI is InChI=1S/C11H8Cl2N2O2/c1-6-4-10(16)15(14-6)11(17)8-3-2-7(12)5-9(8)13/h2-3,5H,4H2,1H3. The van der Waals surface area contributed by atoms with Crippen molar-refractivity contribution in [1.29, 1.82) is 0 Å². The molecule has 0 bridgehead atoms. The second-order valence-electron chi connectivity index (χ2n) is 3.65. The lowest BCUT2D eigenvalue weighted by molar-refractivity contribution is -0.126. The molecule has 88 valence electrons. The number of hydrogen-bond donors (Lipinski definition) is 0. The Morgan fingerprint density at radius 1 is 1.41 bits per heavy atom. The average molecular weight is 271 g/mol. The average Bonchev–Trinajstić information content (AvgIpc) is 2.57. The Morgan fingerprint density at radius 2 is 2.12 bits per heavy atom. The van der Waals surface area contributed by atoms with Gasteiger partial charge in [-0.25, -0.2) is 0 Å². The molecule has 2 amide bonds. The van der Waals surface area contributed by atoms with Crippen molar-refractivity contribution in [2.24, 2.45) is 5.10 Å². The largest absolute Gasteiger partial charge is 0.282 e. The van der Waals surface area contributed by atoms with Gasteiger partial charge in [0.05, 0.1) is 17.0 Å². The van der Waals surface area contributed by atoms with E-state index in [1.54, 1.807) is 6.92 Å². The van der Waals surface area contributed by atoms with E-state index in [4.69, 9.17) is 23.2 Å². The van der Waals surface area contributed by atoms with Gasteiger partial charge in [-0.1, -0.05) is 23.2 Å². The maximum Gasteiger partial charge on any atom is 0.282 e. The summed E-state index contributed by atoms with van der Waals surface area (Å²) in [6.07, 6.45) is 0.164. The maximum atomic E-state index is 12.0. The lowest BCUT2D eigenvalue weighted by Crippen LogP contribution is -2.28. The minimum absolute atomic E-state index is 0.164. The van der Waals surface area contributed by atoms with Gasteiger partial charge in [0, 0.05) is 10.7 Å². The van der Waals surface area contributed by atoms with Crippen LogP contribution in [-0.2, 0) is 4.79 Å². The van der Waals surface area contributed by atoms with E-state index in [0.717, 1.165) is 5.01 Å². The Morgan fingerprint density at radius 3 is 2.65 bits per heavy atom. The van der Waals surface area contributed by atoms with Crippen LogP contribution in [0.1, 0.15) is 23.7 Å². The summed E-state index contributed by atoms with van der Waals surface area (Å²) in [5, 5.41) is 5.34. The first-order chi connectivity index (χ1) is 7.99. The van der Waals surface area contributed by atoms with Crippen molar-refractivity contribution in [3.8, 4) is 0 Å². The molecule has 0 saturated carbocycles. The molecule has 1 aliphatic rings. The first-order valence-electron chi connectivity index (χ1n) is 4.85. The molecule has 0 radical (unpaired) electrons. The van der Waals surface area contributed by atoms with Crippen LogP contribution < -0.4 is 0 Å². The molecule has 1 heterocycles. The Labute approximate surface area is 108 Å². The molecule has 17 heavy (non-hydrogen) atoms. The first kappa shape index (κ1) is 12.1. The van der Waals surface area contributed by atoms with Crippen molar-refractivity contribution in [3.63, 3.8) is 0 Å². The third kappa shape index (κ3) is 2.33. The molecule has 1 aromatic rings. The van der Waals surface area contributed by atoms with Crippen LogP contribution in [0.4, 0.5) is 0 Å². The molecule has 0 aliphatic carbocycles. The molecule has 6 heteroatoms. The van der Waals surface area contributed by atoms with Crippen LogP contribution in [0.5, 0.6) is 0 Å². The van der Waals surface area contributed by atoms with E-state index in [1.165, 1.54) is 18.2 Å². The van der Waals surface area contributed by atoms with Crippen LogP contribution in [0.2, 0.25) is 10.0 Å². The smallest absolute Gasteiger partial charge is 0.272 e. The van der Waals surface area contributed by atoms with Gasteiger partial charge in [-0.2, -0.15) is 10.1 Å². The van der Waals surface area contributed by atoms with Crippen molar-refractivity contribution in [3.05, 3.63) is 33.8 Å². The van der Waals surface area contributed by atoms with Crippen LogP contribution in [0, 0.1) is 0 Å². The van der Waals surface area contributed by atoms with Gasteiger partial charge in [-0.3, -0.25) is 9.59 Å². The number of halogens is 2. The van der Waals surface area contributed by atoms with Gasteiger partial charge >= 0.3 is 0 Å². The van der Waals surface area contributed by atoms with E-state index in [9.17, 15) is 9.59 Å². The molecule has 1 aromatic carbocycles. The molecular formula is C11H8Cl2N2O2. The zero-order valence-corrected chi connectivity index (χ0v) is 10.4. The number of nitrogens with zero attached hydrogens (tertiary/aromatic N) is 2. The molecular weight excluding hydrogens is 263 g/mol. The number of imide groups is 1. The van der Waals surface area contributed by atoms with Gasteiger partial charge in [0.15, 0.2) is 0 Å². The fourth-order valence-electron chi connectivity index (χ4n) is 1.49. The predicted molar refractivity (Wildman–Crippen MR) is 65.4 cm³/mol. The highest BCUT2D eigenvalue weighted by molar-refractivity contribution is 6.37. The number of carbonyl (C=O) groups excluding carboxylic acids is 2. The van der Waals surface area contributed by atoms with Crippen molar-refractivity contribution in [2.75, 3.05) is 0 Å². The second kappa shape index (κ2) is 4.47. The molecule has 1 aliphatic heterocycles. The summed E-state index contributed by atoms with van der Waals surface area (Å²) in [4.78, 5) is 23.5. The molecule has 0 spiro atoms. The number of hydrogen-bond acceptors (Lipinski definition) is 3. The summed E-state index contributed by atoms with van der Waals surface area (Å²) in [6.45, 7) is 1.69. The fraction of sp³-hybridized carbons (Fsp3) is 0.182. The van der Waals surface area contributed by atoms with E-state index < -0.39 is 5.91 Å². The third-order valence-corrected chi connectivity index (χ3v) is 2.82. The highest BCUT2D eigenvalue weighted by Crippen LogP contribution is 2.23. The number of amides is 2. The summed E-state index contributed by atoms with van der Waals surface area (Å²) < 4.78 is 0. The van der Waals surface area contributed by atoms with Crippen LogP contribution in [0.3, 0.4) is 0 Å². The molecule has 0 N–H and O–H groups in total. The van der Waals surface area contributed by atoms with E-state index in [1.807, 2.05) is 0 Å². The number of carbonyl (C=O) groups is 2. The summed E-state index contributed by atoms with van der Waals surface area (Å²) >= 11 is 11.6. The summed E-state index contributed by atoms with van der Waals surface area (Å²) in [7, 11) is 0. The third-order valence-electron chi connectivity index (χ3n) is 2.27. The van der Waals surface area contributed by atoms with Crippen LogP contribution in [0.15, 0.2) is 23.3 Å². The fourth-order valence-corrected chi connectivity index (χ4v) is 1.98. The normalized spacial score (nSPS) is 15.1. The molecule has 2 rings (SSSR count). The van der Waals surface area contributed by atoms with Crippen molar-refractivity contribution in [1.82, 2.24) is 5.01 Å². The van der Waals surface area contributed by atoms with E-state index in [-0.39, 0.29) is 22.9 Å². The van der Waals surface area contributed by atoms with Gasteiger partial charge in [0.1, 0.15) is 0 Å². The molecule has 0 saturated heterocycles. The number of hydrazone groups is 1. The number of rotatable bonds is 1. The second-order valence-corrected chi connectivity index (χ2v) is 4.49. The Balaban J connectivity index is 2.35. The topological polar surface area (TPSA) is 49.7 Å². The molecule has 0 unspecified atom stereocenters. The maximum absolute atomic E-state index is 12.0. The van der Waals surface area contributed by atoms with Crippen molar-refractivity contribution < 1.29 is 9.59 Å². The number of benzene rings is 1. The first-order valence-corrected chi connectivity index (χ1v) is 5.61. The van der Waals surface area contributed by atoms with Crippen LogP contribution in [0.25, 0.3) is 0 Å². The Bertz CT molecular complexity index is 540. The molecule has 4 nitrogen and oxygen atoms in total. The van der Waals surface area contributed by atoms with Crippen molar-refractivity contribution in [2.45, 2.75) is 13.3 Å². The summed E-state index contributed by atoms with van der Waals surface area (Å²) in [5.74, 6) is -0.882. The lowest BCUT2D eigenvalue weighted by atomic mass is 10.2. The predicted octanol–water partition coefficient (Wildman–Crippen LogP) is 2.74. The summed E-state index contributed by atoms with van der Waals surface area (Å²) in [5.41, 5.74) is 0.816. The molecule has 0 atom stereocenters. The monoisotopic (exact) mass is 270 g/mol. The van der Waals surface area contributed by atoms with Gasteiger partial charge in [-0.15, -0.1) is 0 Å². The van der Waals surface area contributed by atoms with E-state index in [0.29, 0.717) is 10.7 Å². The zero-order chi connectivity index (χ0) is 12.6.